The van der Waals surface area contributed by atoms with E-state index < -0.39 is 0 Å². The molecule has 0 spiro atoms. The second kappa shape index (κ2) is 13.2. The molecule has 0 radical (unpaired) electrons. The number of carbonyl (C=O) groups excluding carboxylic acids is 1. The number of aromatic nitrogens is 1. The highest BCUT2D eigenvalue weighted by Gasteiger charge is 2.15. The molecule has 2 heterocycles. The fourth-order valence-corrected chi connectivity index (χ4v) is 3.13. The lowest BCUT2D eigenvalue weighted by Gasteiger charge is -2.14. The molecule has 1 amide bonds. The summed E-state index contributed by atoms with van der Waals surface area (Å²) in [5, 5.41) is 6.35. The van der Waals surface area contributed by atoms with Gasteiger partial charge in [0.1, 0.15) is 6.61 Å². The molecule has 6 nitrogen and oxygen atoms in total. The third kappa shape index (κ3) is 7.72. The smallest absolute Gasteiger partial charge is 0.251 e. The summed E-state index contributed by atoms with van der Waals surface area (Å²) < 4.78 is 11.5. The summed E-state index contributed by atoms with van der Waals surface area (Å²) >= 11 is 0. The van der Waals surface area contributed by atoms with Gasteiger partial charge in [-0.2, -0.15) is 0 Å². The molecule has 2 aromatic rings. The Bertz CT molecular complexity index is 741. The highest BCUT2D eigenvalue weighted by molar-refractivity contribution is 5.94. The van der Waals surface area contributed by atoms with Crippen molar-refractivity contribution in [2.45, 2.75) is 26.4 Å². The highest BCUT2D eigenvalue weighted by atomic mass is 35.5. The SMILES string of the molecule is CCOc1cc(C(=O)NCCC2CCNC2)ccc1OCc1cccnc1.Cl.Cl. The van der Waals surface area contributed by atoms with Crippen LogP contribution in [0.15, 0.2) is 42.7 Å². The van der Waals surface area contributed by atoms with Gasteiger partial charge in [0.05, 0.1) is 6.61 Å². The van der Waals surface area contributed by atoms with Gasteiger partial charge in [-0.25, -0.2) is 0 Å². The van der Waals surface area contributed by atoms with Crippen LogP contribution in [0.1, 0.15) is 35.7 Å². The Balaban J connectivity index is 0.00000210. The van der Waals surface area contributed by atoms with Crippen LogP contribution in [0.3, 0.4) is 0 Å². The second-order valence-electron chi connectivity index (χ2n) is 6.65. The van der Waals surface area contributed by atoms with E-state index in [1.165, 1.54) is 6.42 Å². The highest BCUT2D eigenvalue weighted by Crippen LogP contribution is 2.29. The van der Waals surface area contributed by atoms with E-state index in [4.69, 9.17) is 9.47 Å². The monoisotopic (exact) mass is 441 g/mol. The van der Waals surface area contributed by atoms with Crippen molar-refractivity contribution < 1.29 is 14.3 Å². The zero-order chi connectivity index (χ0) is 18.9. The van der Waals surface area contributed by atoms with Gasteiger partial charge in [0.25, 0.3) is 5.91 Å². The Hall–Kier alpha value is -2.02. The molecular formula is C21H29Cl2N3O3. The Morgan fingerprint density at radius 3 is 2.79 bits per heavy atom. The number of hydrogen-bond acceptors (Lipinski definition) is 5. The van der Waals surface area contributed by atoms with Crippen molar-refractivity contribution in [2.24, 2.45) is 5.92 Å². The van der Waals surface area contributed by atoms with E-state index in [1.807, 2.05) is 19.1 Å². The summed E-state index contributed by atoms with van der Waals surface area (Å²) in [6, 6.07) is 9.13. The van der Waals surface area contributed by atoms with Crippen LogP contribution in [0.25, 0.3) is 0 Å². The average Bonchev–Trinajstić information content (AvgIpc) is 3.21. The molecule has 1 unspecified atom stereocenters. The zero-order valence-electron chi connectivity index (χ0n) is 16.6. The molecule has 0 bridgehead atoms. The first-order valence-electron chi connectivity index (χ1n) is 9.53. The number of benzene rings is 1. The molecule has 1 atom stereocenters. The van der Waals surface area contributed by atoms with E-state index in [9.17, 15) is 4.79 Å². The number of nitrogens with zero attached hydrogens (tertiary/aromatic N) is 1. The molecule has 1 aromatic heterocycles. The predicted octanol–water partition coefficient (Wildman–Crippen LogP) is 3.63. The first kappa shape index (κ1) is 25.0. The summed E-state index contributed by atoms with van der Waals surface area (Å²) in [4.78, 5) is 16.5. The van der Waals surface area contributed by atoms with Crippen molar-refractivity contribution in [1.82, 2.24) is 15.6 Å². The lowest BCUT2D eigenvalue weighted by molar-refractivity contribution is 0.0951. The third-order valence-electron chi connectivity index (χ3n) is 4.62. The Morgan fingerprint density at radius 1 is 1.24 bits per heavy atom. The summed E-state index contributed by atoms with van der Waals surface area (Å²) in [5.41, 5.74) is 1.56. The average molecular weight is 442 g/mol. The maximum Gasteiger partial charge on any atom is 0.251 e. The van der Waals surface area contributed by atoms with Crippen LogP contribution in [0.5, 0.6) is 11.5 Å². The van der Waals surface area contributed by atoms with E-state index in [0.29, 0.717) is 42.7 Å². The number of ether oxygens (including phenoxy) is 2. The van der Waals surface area contributed by atoms with Crippen LogP contribution in [-0.4, -0.2) is 37.1 Å². The maximum absolute atomic E-state index is 12.4. The zero-order valence-corrected chi connectivity index (χ0v) is 18.2. The van der Waals surface area contributed by atoms with Gasteiger partial charge < -0.3 is 20.1 Å². The molecule has 1 aromatic carbocycles. The third-order valence-corrected chi connectivity index (χ3v) is 4.62. The summed E-state index contributed by atoms with van der Waals surface area (Å²) in [5.74, 6) is 1.77. The molecule has 1 aliphatic rings. The number of halogens is 2. The second-order valence-corrected chi connectivity index (χ2v) is 6.65. The molecule has 2 N–H and O–H groups in total. The van der Waals surface area contributed by atoms with Gasteiger partial charge in [-0.05, 0) is 63.0 Å². The van der Waals surface area contributed by atoms with Gasteiger partial charge in [0.15, 0.2) is 11.5 Å². The molecule has 0 saturated carbocycles. The molecule has 1 saturated heterocycles. The molecular weight excluding hydrogens is 413 g/mol. The fraction of sp³-hybridized carbons (Fsp3) is 0.429. The minimum absolute atomic E-state index is 0. The predicted molar refractivity (Wildman–Crippen MR) is 119 cm³/mol. The van der Waals surface area contributed by atoms with E-state index in [1.54, 1.807) is 30.6 Å². The van der Waals surface area contributed by atoms with Crippen LogP contribution in [-0.2, 0) is 6.61 Å². The molecule has 1 fully saturated rings. The fourth-order valence-electron chi connectivity index (χ4n) is 3.13. The van der Waals surface area contributed by atoms with Crippen LogP contribution in [0.4, 0.5) is 0 Å². The lowest BCUT2D eigenvalue weighted by atomic mass is 10.1. The standard InChI is InChI=1S/C21H27N3O3.2ClH/c1-2-26-20-12-18(21(25)24-11-8-16-7-10-23-13-16)5-6-19(20)27-15-17-4-3-9-22-14-17;;/h3-6,9,12,14,16,23H,2,7-8,10-11,13,15H2,1H3,(H,24,25);2*1H. The molecule has 3 rings (SSSR count). The van der Waals surface area contributed by atoms with E-state index in [0.717, 1.165) is 25.1 Å². The number of rotatable bonds is 9. The normalized spacial score (nSPS) is 15.0. The van der Waals surface area contributed by atoms with Gasteiger partial charge in [-0.3, -0.25) is 9.78 Å². The van der Waals surface area contributed by atoms with Crippen molar-refractivity contribution in [3.05, 3.63) is 53.9 Å². The minimum Gasteiger partial charge on any atom is -0.490 e. The number of hydrogen-bond donors (Lipinski definition) is 2. The van der Waals surface area contributed by atoms with Crippen LogP contribution in [0.2, 0.25) is 0 Å². The summed E-state index contributed by atoms with van der Waals surface area (Å²) in [6.45, 7) is 5.63. The largest absolute Gasteiger partial charge is 0.490 e. The van der Waals surface area contributed by atoms with Gasteiger partial charge in [0.2, 0.25) is 0 Å². The quantitative estimate of drug-likeness (QED) is 0.621. The topological polar surface area (TPSA) is 72.5 Å². The first-order valence-corrected chi connectivity index (χ1v) is 9.53. The molecule has 160 valence electrons. The summed E-state index contributed by atoms with van der Waals surface area (Å²) in [7, 11) is 0. The molecule has 8 heteroatoms. The Kier molecular flexibility index (Phi) is 11.4. The lowest BCUT2D eigenvalue weighted by Crippen LogP contribution is -2.26. The van der Waals surface area contributed by atoms with Gasteiger partial charge >= 0.3 is 0 Å². The Morgan fingerprint density at radius 2 is 2.10 bits per heavy atom. The minimum atomic E-state index is -0.0827. The molecule has 29 heavy (non-hydrogen) atoms. The van der Waals surface area contributed by atoms with Crippen LogP contribution < -0.4 is 20.1 Å². The van der Waals surface area contributed by atoms with Crippen molar-refractivity contribution in [1.29, 1.82) is 0 Å². The summed E-state index contributed by atoms with van der Waals surface area (Å²) in [6.07, 6.45) is 5.69. The number of amides is 1. The van der Waals surface area contributed by atoms with Crippen molar-refractivity contribution in [2.75, 3.05) is 26.2 Å². The number of carbonyl (C=O) groups is 1. The van der Waals surface area contributed by atoms with Gasteiger partial charge in [0, 0.05) is 30.1 Å². The van der Waals surface area contributed by atoms with Crippen LogP contribution >= 0.6 is 24.8 Å². The number of pyridine rings is 1. The number of nitrogens with one attached hydrogen (secondary N) is 2. The maximum atomic E-state index is 12.4. The Labute approximate surface area is 184 Å². The van der Waals surface area contributed by atoms with Gasteiger partial charge in [-0.15, -0.1) is 24.8 Å². The van der Waals surface area contributed by atoms with Gasteiger partial charge in [-0.1, -0.05) is 6.07 Å². The van der Waals surface area contributed by atoms with E-state index in [-0.39, 0.29) is 30.7 Å². The first-order chi connectivity index (χ1) is 13.3. The van der Waals surface area contributed by atoms with Crippen molar-refractivity contribution in [3.8, 4) is 11.5 Å². The van der Waals surface area contributed by atoms with E-state index >= 15 is 0 Å². The van der Waals surface area contributed by atoms with Crippen molar-refractivity contribution >= 4 is 30.7 Å². The van der Waals surface area contributed by atoms with Crippen LogP contribution in [0, 0.1) is 5.92 Å². The van der Waals surface area contributed by atoms with E-state index in [2.05, 4.69) is 15.6 Å². The molecule has 0 aliphatic carbocycles. The molecule has 1 aliphatic heterocycles. The van der Waals surface area contributed by atoms with Crippen molar-refractivity contribution in [3.63, 3.8) is 0 Å².